The predicted octanol–water partition coefficient (Wildman–Crippen LogP) is 2.57. The highest BCUT2D eigenvalue weighted by Gasteiger charge is 2.31. The topological polar surface area (TPSA) is 86.8 Å². The van der Waals surface area contributed by atoms with E-state index < -0.39 is 10.0 Å². The Morgan fingerprint density at radius 3 is 2.33 bits per heavy atom. The first-order valence-corrected chi connectivity index (χ1v) is 11.5. The monoisotopic (exact) mass is 429 g/mol. The third kappa shape index (κ3) is 5.46. The smallest absolute Gasteiger partial charge is 0.253 e. The van der Waals surface area contributed by atoms with Gasteiger partial charge in [0.05, 0.1) is 5.75 Å². The van der Waals surface area contributed by atoms with Crippen LogP contribution in [-0.4, -0.2) is 56.6 Å². The number of rotatable bonds is 6. The molecule has 8 heteroatoms. The first-order valence-electron chi connectivity index (χ1n) is 9.90. The lowest BCUT2D eigenvalue weighted by Crippen LogP contribution is -2.41. The van der Waals surface area contributed by atoms with Gasteiger partial charge in [0.2, 0.25) is 15.9 Å². The van der Waals surface area contributed by atoms with Crippen molar-refractivity contribution in [2.75, 3.05) is 32.5 Å². The fourth-order valence-electron chi connectivity index (χ4n) is 3.50. The Balaban J connectivity index is 1.57. The number of hydrogen-bond acceptors (Lipinski definition) is 4. The van der Waals surface area contributed by atoms with E-state index in [0.717, 1.165) is 5.56 Å². The van der Waals surface area contributed by atoms with E-state index in [4.69, 9.17) is 0 Å². The third-order valence-corrected chi connectivity index (χ3v) is 7.04. The molecule has 0 bridgehead atoms. The van der Waals surface area contributed by atoms with Gasteiger partial charge in [-0.1, -0.05) is 36.4 Å². The second-order valence-corrected chi connectivity index (χ2v) is 9.65. The van der Waals surface area contributed by atoms with E-state index in [9.17, 15) is 18.0 Å². The molecule has 2 aromatic rings. The predicted molar refractivity (Wildman–Crippen MR) is 116 cm³/mol. The molecule has 0 saturated carbocycles. The van der Waals surface area contributed by atoms with Gasteiger partial charge < -0.3 is 10.2 Å². The summed E-state index contributed by atoms with van der Waals surface area (Å²) in [5.41, 5.74) is 1.82. The zero-order valence-corrected chi connectivity index (χ0v) is 18.1. The zero-order valence-electron chi connectivity index (χ0n) is 17.2. The third-order valence-electron chi connectivity index (χ3n) is 5.19. The average molecular weight is 430 g/mol. The summed E-state index contributed by atoms with van der Waals surface area (Å²) >= 11 is 0. The fourth-order valence-corrected chi connectivity index (χ4v) is 5.07. The summed E-state index contributed by atoms with van der Waals surface area (Å²) in [6.07, 6.45) is 0.937. The first-order chi connectivity index (χ1) is 14.3. The Labute approximate surface area is 177 Å². The molecule has 30 heavy (non-hydrogen) atoms. The van der Waals surface area contributed by atoms with Gasteiger partial charge in [-0.15, -0.1) is 0 Å². The number of carbonyl (C=O) groups excluding carboxylic acids is 2. The number of piperidine rings is 1. The van der Waals surface area contributed by atoms with Crippen LogP contribution in [0.2, 0.25) is 0 Å². The number of amides is 2. The van der Waals surface area contributed by atoms with Crippen LogP contribution >= 0.6 is 0 Å². The lowest BCUT2D eigenvalue weighted by atomic mass is 9.97. The van der Waals surface area contributed by atoms with E-state index in [0.29, 0.717) is 37.2 Å². The fraction of sp³-hybridized carbons (Fsp3) is 0.364. The quantitative estimate of drug-likeness (QED) is 0.765. The maximum Gasteiger partial charge on any atom is 0.253 e. The van der Waals surface area contributed by atoms with Gasteiger partial charge in [0.25, 0.3) is 5.91 Å². The molecule has 1 fully saturated rings. The maximum atomic E-state index is 12.7. The summed E-state index contributed by atoms with van der Waals surface area (Å²) in [6, 6.07) is 15.9. The van der Waals surface area contributed by atoms with Crippen LogP contribution in [0.3, 0.4) is 0 Å². The lowest BCUT2D eigenvalue weighted by Gasteiger charge is -2.30. The van der Waals surface area contributed by atoms with Gasteiger partial charge in [0, 0.05) is 44.4 Å². The molecule has 0 spiro atoms. The molecule has 1 aliphatic rings. The van der Waals surface area contributed by atoms with Crippen LogP contribution in [0.15, 0.2) is 54.6 Å². The molecular weight excluding hydrogens is 402 g/mol. The van der Waals surface area contributed by atoms with Gasteiger partial charge in [0.1, 0.15) is 0 Å². The van der Waals surface area contributed by atoms with Gasteiger partial charge in [-0.3, -0.25) is 9.59 Å². The first kappa shape index (κ1) is 22.0. The summed E-state index contributed by atoms with van der Waals surface area (Å²) in [5.74, 6) is -0.578. The van der Waals surface area contributed by atoms with Crippen molar-refractivity contribution in [1.82, 2.24) is 9.21 Å². The Hall–Kier alpha value is -2.71. The molecule has 1 heterocycles. The van der Waals surface area contributed by atoms with Crippen LogP contribution in [0, 0.1) is 5.92 Å². The van der Waals surface area contributed by atoms with E-state index in [-0.39, 0.29) is 23.5 Å². The number of benzene rings is 2. The highest BCUT2D eigenvalue weighted by molar-refractivity contribution is 7.88. The van der Waals surface area contributed by atoms with Crippen LogP contribution in [0.4, 0.5) is 5.69 Å². The second-order valence-electron chi connectivity index (χ2n) is 7.68. The Morgan fingerprint density at radius 1 is 1.03 bits per heavy atom. The number of nitrogens with one attached hydrogen (secondary N) is 1. The van der Waals surface area contributed by atoms with Crippen LogP contribution in [0.5, 0.6) is 0 Å². The maximum absolute atomic E-state index is 12.7. The van der Waals surface area contributed by atoms with Crippen LogP contribution in [-0.2, 0) is 20.6 Å². The number of nitrogens with zero attached hydrogens (tertiary/aromatic N) is 2. The summed E-state index contributed by atoms with van der Waals surface area (Å²) in [5, 5.41) is 2.86. The Kier molecular flexibility index (Phi) is 6.89. The molecule has 3 rings (SSSR count). The van der Waals surface area contributed by atoms with Crippen LogP contribution < -0.4 is 5.32 Å². The Morgan fingerprint density at radius 2 is 1.70 bits per heavy atom. The number of sulfonamides is 1. The summed E-state index contributed by atoms with van der Waals surface area (Å²) in [7, 11) is -0.0606. The van der Waals surface area contributed by atoms with E-state index in [1.54, 1.807) is 50.5 Å². The van der Waals surface area contributed by atoms with E-state index in [1.807, 2.05) is 18.2 Å². The van der Waals surface area contributed by atoms with Gasteiger partial charge in [-0.2, -0.15) is 0 Å². The molecule has 7 nitrogen and oxygen atoms in total. The number of carbonyl (C=O) groups is 2. The van der Waals surface area contributed by atoms with Gasteiger partial charge in [-0.05, 0) is 36.6 Å². The average Bonchev–Trinajstić information content (AvgIpc) is 2.74. The molecule has 1 saturated heterocycles. The second kappa shape index (κ2) is 9.40. The van der Waals surface area contributed by atoms with Crippen molar-refractivity contribution < 1.29 is 18.0 Å². The van der Waals surface area contributed by atoms with Gasteiger partial charge in [-0.25, -0.2) is 12.7 Å². The van der Waals surface area contributed by atoms with Gasteiger partial charge in [0.15, 0.2) is 0 Å². The molecule has 1 aliphatic heterocycles. The highest BCUT2D eigenvalue weighted by atomic mass is 32.2. The van der Waals surface area contributed by atoms with Gasteiger partial charge >= 0.3 is 0 Å². The number of anilines is 1. The molecule has 0 radical (unpaired) electrons. The van der Waals surface area contributed by atoms with Crippen molar-refractivity contribution in [1.29, 1.82) is 0 Å². The van der Waals surface area contributed by atoms with E-state index >= 15 is 0 Å². The molecule has 0 aromatic heterocycles. The summed E-state index contributed by atoms with van der Waals surface area (Å²) < 4.78 is 26.8. The highest BCUT2D eigenvalue weighted by Crippen LogP contribution is 2.23. The molecule has 0 atom stereocenters. The van der Waals surface area contributed by atoms with E-state index in [2.05, 4.69) is 5.32 Å². The molecule has 0 unspecified atom stereocenters. The van der Waals surface area contributed by atoms with Crippen molar-refractivity contribution in [3.8, 4) is 0 Å². The van der Waals surface area contributed by atoms with Crippen LogP contribution in [0.25, 0.3) is 0 Å². The normalized spacial score (nSPS) is 15.5. The Bertz CT molecular complexity index is 998. The lowest BCUT2D eigenvalue weighted by molar-refractivity contribution is -0.120. The summed E-state index contributed by atoms with van der Waals surface area (Å²) in [4.78, 5) is 26.2. The molecule has 2 amide bonds. The minimum Gasteiger partial charge on any atom is -0.345 e. The molecule has 160 valence electrons. The zero-order chi connectivity index (χ0) is 21.7. The van der Waals surface area contributed by atoms with Crippen LogP contribution in [0.1, 0.15) is 28.8 Å². The van der Waals surface area contributed by atoms with E-state index in [1.165, 1.54) is 9.21 Å². The molecule has 1 N–H and O–H groups in total. The van der Waals surface area contributed by atoms with Crippen molar-refractivity contribution in [2.45, 2.75) is 18.6 Å². The number of hydrogen-bond donors (Lipinski definition) is 1. The molecule has 2 aromatic carbocycles. The minimum atomic E-state index is -3.41. The molecule has 0 aliphatic carbocycles. The molecular formula is C22H27N3O4S. The van der Waals surface area contributed by atoms with Crippen molar-refractivity contribution >= 4 is 27.5 Å². The van der Waals surface area contributed by atoms with Crippen molar-refractivity contribution in [2.24, 2.45) is 5.92 Å². The minimum absolute atomic E-state index is 0.0304. The standard InChI is InChI=1S/C22H27N3O4S/c1-24(2)22(27)19-9-6-10-20(15-19)23-21(26)18-11-13-25(14-12-18)30(28,29)16-17-7-4-3-5-8-17/h3-10,15,18H,11-14,16H2,1-2H3,(H,23,26). The SMILES string of the molecule is CN(C)C(=O)c1cccc(NC(=O)C2CCN(S(=O)(=O)Cc3ccccc3)CC2)c1. The largest absolute Gasteiger partial charge is 0.345 e. The van der Waals surface area contributed by atoms with Crippen molar-refractivity contribution in [3.05, 3.63) is 65.7 Å². The summed E-state index contributed by atoms with van der Waals surface area (Å²) in [6.45, 7) is 0.652. The van der Waals surface area contributed by atoms with Crippen molar-refractivity contribution in [3.63, 3.8) is 0 Å².